The molecule has 0 aliphatic rings. The molecule has 0 spiro atoms. The van der Waals surface area contributed by atoms with E-state index in [-0.39, 0.29) is 11.7 Å². The highest BCUT2D eigenvalue weighted by Crippen LogP contribution is 2.30. The highest BCUT2D eigenvalue weighted by molar-refractivity contribution is 7.99. The summed E-state index contributed by atoms with van der Waals surface area (Å²) in [5.74, 6) is 1.68. The van der Waals surface area contributed by atoms with Crippen molar-refractivity contribution in [1.82, 2.24) is 14.8 Å². The number of hydrogen-bond acceptors (Lipinski definition) is 5. The number of ether oxygens (including phenoxy) is 1. The van der Waals surface area contributed by atoms with Gasteiger partial charge in [-0.1, -0.05) is 49.4 Å². The molecule has 0 saturated carbocycles. The van der Waals surface area contributed by atoms with Crippen LogP contribution in [0.4, 0.5) is 5.69 Å². The van der Waals surface area contributed by atoms with Gasteiger partial charge < -0.3 is 14.6 Å². The van der Waals surface area contributed by atoms with Crippen LogP contribution in [0.5, 0.6) is 5.75 Å². The number of thioether (sulfide) groups is 1. The first-order valence-electron chi connectivity index (χ1n) is 10.2. The van der Waals surface area contributed by atoms with Crippen molar-refractivity contribution in [2.75, 3.05) is 18.2 Å². The van der Waals surface area contributed by atoms with Crippen LogP contribution in [-0.4, -0.2) is 33.5 Å². The largest absolute Gasteiger partial charge is 0.496 e. The van der Waals surface area contributed by atoms with Crippen molar-refractivity contribution in [3.63, 3.8) is 0 Å². The normalized spacial score (nSPS) is 10.8. The van der Waals surface area contributed by atoms with Gasteiger partial charge in [-0.05, 0) is 49.6 Å². The third-order valence-electron chi connectivity index (χ3n) is 4.77. The van der Waals surface area contributed by atoms with E-state index >= 15 is 0 Å². The van der Waals surface area contributed by atoms with E-state index in [9.17, 15) is 4.79 Å². The zero-order chi connectivity index (χ0) is 21.3. The van der Waals surface area contributed by atoms with Gasteiger partial charge in [0.1, 0.15) is 5.75 Å². The van der Waals surface area contributed by atoms with Gasteiger partial charge in [-0.3, -0.25) is 4.79 Å². The van der Waals surface area contributed by atoms with Crippen molar-refractivity contribution in [2.45, 2.75) is 44.8 Å². The molecule has 0 radical (unpaired) electrons. The lowest BCUT2D eigenvalue weighted by Gasteiger charge is -2.10. The molecule has 0 aliphatic carbocycles. The predicted molar refractivity (Wildman–Crippen MR) is 122 cm³/mol. The summed E-state index contributed by atoms with van der Waals surface area (Å²) < 4.78 is 7.45. The van der Waals surface area contributed by atoms with Gasteiger partial charge in [0.2, 0.25) is 5.91 Å². The van der Waals surface area contributed by atoms with Gasteiger partial charge in [-0.15, -0.1) is 10.2 Å². The molecule has 0 bridgehead atoms. The number of benzene rings is 2. The maximum atomic E-state index is 12.4. The molecule has 1 amide bonds. The first kappa shape index (κ1) is 21.9. The second kappa shape index (κ2) is 10.8. The molecule has 30 heavy (non-hydrogen) atoms. The molecule has 3 aromatic rings. The monoisotopic (exact) mass is 424 g/mol. The summed E-state index contributed by atoms with van der Waals surface area (Å²) in [7, 11) is 1.64. The number of aryl methyl sites for hydroxylation is 1. The van der Waals surface area contributed by atoms with Gasteiger partial charge in [0, 0.05) is 12.2 Å². The van der Waals surface area contributed by atoms with Gasteiger partial charge in [0.05, 0.1) is 18.4 Å². The number of aromatic nitrogens is 3. The fourth-order valence-electron chi connectivity index (χ4n) is 3.17. The summed E-state index contributed by atoms with van der Waals surface area (Å²) in [4.78, 5) is 12.4. The first-order valence-corrected chi connectivity index (χ1v) is 11.2. The van der Waals surface area contributed by atoms with Crippen molar-refractivity contribution < 1.29 is 9.53 Å². The van der Waals surface area contributed by atoms with Crippen molar-refractivity contribution in [3.8, 4) is 17.1 Å². The highest BCUT2D eigenvalue weighted by atomic mass is 32.2. The van der Waals surface area contributed by atoms with E-state index in [0.717, 1.165) is 29.2 Å². The average molecular weight is 425 g/mol. The molecule has 0 atom stereocenters. The van der Waals surface area contributed by atoms with E-state index in [2.05, 4.69) is 34.6 Å². The molecule has 1 aromatic heterocycles. The first-order chi connectivity index (χ1) is 14.7. The van der Waals surface area contributed by atoms with Crippen LogP contribution >= 0.6 is 11.8 Å². The Labute approximate surface area is 182 Å². The number of unbranched alkanes of at least 4 members (excludes halogenated alkanes) is 1. The van der Waals surface area contributed by atoms with Crippen LogP contribution in [0, 0.1) is 0 Å². The fourth-order valence-corrected chi connectivity index (χ4v) is 3.97. The summed E-state index contributed by atoms with van der Waals surface area (Å²) in [5, 5.41) is 12.3. The van der Waals surface area contributed by atoms with Crippen molar-refractivity contribution in [1.29, 1.82) is 0 Å². The number of hydrogen-bond donors (Lipinski definition) is 1. The number of rotatable bonds is 10. The van der Waals surface area contributed by atoms with Crippen LogP contribution in [-0.2, 0) is 17.8 Å². The van der Waals surface area contributed by atoms with Crippen LogP contribution in [0.15, 0.2) is 53.7 Å². The number of nitrogens with one attached hydrogen (secondary N) is 1. The molecule has 0 unspecified atom stereocenters. The Morgan fingerprint density at radius 2 is 1.87 bits per heavy atom. The van der Waals surface area contributed by atoms with Gasteiger partial charge >= 0.3 is 0 Å². The number of para-hydroxylation sites is 1. The molecular weight excluding hydrogens is 396 g/mol. The number of amides is 1. The predicted octanol–water partition coefficient (Wildman–Crippen LogP) is 5.05. The Balaban J connectivity index is 1.63. The SMILES string of the molecule is CCCCc1ccc(NC(=O)CSc2nnc(-c3ccccc3OC)n2CC)cc1. The summed E-state index contributed by atoms with van der Waals surface area (Å²) in [5.41, 5.74) is 2.99. The van der Waals surface area contributed by atoms with E-state index in [4.69, 9.17) is 4.74 Å². The van der Waals surface area contributed by atoms with Crippen LogP contribution in [0.1, 0.15) is 32.3 Å². The molecule has 0 fully saturated rings. The maximum Gasteiger partial charge on any atom is 0.234 e. The second-order valence-electron chi connectivity index (χ2n) is 6.89. The number of carbonyl (C=O) groups excluding carboxylic acids is 1. The van der Waals surface area contributed by atoms with E-state index in [0.29, 0.717) is 11.7 Å². The minimum Gasteiger partial charge on any atom is -0.496 e. The molecule has 2 aromatic carbocycles. The lowest BCUT2D eigenvalue weighted by atomic mass is 10.1. The maximum absolute atomic E-state index is 12.4. The minimum atomic E-state index is -0.0641. The van der Waals surface area contributed by atoms with E-state index in [1.807, 2.05) is 47.9 Å². The Morgan fingerprint density at radius 1 is 1.10 bits per heavy atom. The zero-order valence-corrected chi connectivity index (χ0v) is 18.5. The summed E-state index contributed by atoms with van der Waals surface area (Å²) in [6.07, 6.45) is 3.43. The average Bonchev–Trinajstić information content (AvgIpc) is 3.20. The van der Waals surface area contributed by atoms with E-state index in [1.54, 1.807) is 7.11 Å². The van der Waals surface area contributed by atoms with Crippen molar-refractivity contribution >= 4 is 23.4 Å². The molecule has 7 heteroatoms. The third-order valence-corrected chi connectivity index (χ3v) is 5.74. The van der Waals surface area contributed by atoms with E-state index in [1.165, 1.54) is 30.2 Å². The summed E-state index contributed by atoms with van der Waals surface area (Å²) >= 11 is 1.38. The van der Waals surface area contributed by atoms with Gasteiger partial charge in [-0.25, -0.2) is 0 Å². The fraction of sp³-hybridized carbons (Fsp3) is 0.348. The molecule has 1 N–H and O–H groups in total. The number of carbonyl (C=O) groups is 1. The Kier molecular flexibility index (Phi) is 7.90. The van der Waals surface area contributed by atoms with Gasteiger partial charge in [-0.2, -0.15) is 0 Å². The second-order valence-corrected chi connectivity index (χ2v) is 7.83. The quantitative estimate of drug-likeness (QED) is 0.461. The van der Waals surface area contributed by atoms with Crippen molar-refractivity contribution in [3.05, 3.63) is 54.1 Å². The van der Waals surface area contributed by atoms with E-state index < -0.39 is 0 Å². The molecule has 0 saturated heterocycles. The van der Waals surface area contributed by atoms with Gasteiger partial charge in [0.25, 0.3) is 0 Å². The molecular formula is C23H28N4O2S. The smallest absolute Gasteiger partial charge is 0.234 e. The minimum absolute atomic E-state index is 0.0641. The Hall–Kier alpha value is -2.80. The molecule has 0 aliphatic heterocycles. The molecule has 3 rings (SSSR count). The lowest BCUT2D eigenvalue weighted by molar-refractivity contribution is -0.113. The summed E-state index contributed by atoms with van der Waals surface area (Å²) in [6, 6.07) is 15.8. The molecule has 6 nitrogen and oxygen atoms in total. The van der Waals surface area contributed by atoms with Crippen LogP contribution in [0.3, 0.4) is 0 Å². The van der Waals surface area contributed by atoms with Crippen molar-refractivity contribution in [2.24, 2.45) is 0 Å². The molecule has 158 valence electrons. The third kappa shape index (κ3) is 5.42. The topological polar surface area (TPSA) is 69.0 Å². The van der Waals surface area contributed by atoms with Crippen LogP contribution in [0.25, 0.3) is 11.4 Å². The highest BCUT2D eigenvalue weighted by Gasteiger charge is 2.17. The zero-order valence-electron chi connectivity index (χ0n) is 17.7. The number of nitrogens with zero attached hydrogens (tertiary/aromatic N) is 3. The number of anilines is 1. The lowest BCUT2D eigenvalue weighted by Crippen LogP contribution is -2.14. The molecule has 1 heterocycles. The summed E-state index contributed by atoms with van der Waals surface area (Å²) in [6.45, 7) is 4.92. The Morgan fingerprint density at radius 3 is 2.57 bits per heavy atom. The van der Waals surface area contributed by atoms with Crippen LogP contribution in [0.2, 0.25) is 0 Å². The Bertz CT molecular complexity index is 970. The van der Waals surface area contributed by atoms with Gasteiger partial charge in [0.15, 0.2) is 11.0 Å². The standard InChI is InChI=1S/C23H28N4O2S/c1-4-6-9-17-12-14-18(15-13-17)24-21(28)16-30-23-26-25-22(27(23)5-2)19-10-7-8-11-20(19)29-3/h7-8,10-15H,4-6,9,16H2,1-3H3,(H,24,28). The van der Waals surface area contributed by atoms with Crippen LogP contribution < -0.4 is 10.1 Å². The number of methoxy groups -OCH3 is 1.